The number of hydrogen-bond donors (Lipinski definition) is 0. The Balaban J connectivity index is 1.81. The third kappa shape index (κ3) is 3.81. The standard InChI is InChI=1S/C13H19N3O3/c1-15-9-11(8-14-15)13(18)19-10-12(17)16-6-4-2-3-5-7-16/h8-9H,2-7,10H2,1H3. The van der Waals surface area contributed by atoms with Crippen molar-refractivity contribution in [3.63, 3.8) is 0 Å². The van der Waals surface area contributed by atoms with E-state index in [9.17, 15) is 9.59 Å². The molecule has 104 valence electrons. The van der Waals surface area contributed by atoms with E-state index in [1.165, 1.54) is 23.7 Å². The number of amides is 1. The van der Waals surface area contributed by atoms with E-state index in [1.54, 1.807) is 18.1 Å². The van der Waals surface area contributed by atoms with Gasteiger partial charge in [0.15, 0.2) is 6.61 Å². The highest BCUT2D eigenvalue weighted by atomic mass is 16.5. The van der Waals surface area contributed by atoms with Crippen molar-refractivity contribution in [2.24, 2.45) is 7.05 Å². The van der Waals surface area contributed by atoms with Gasteiger partial charge in [-0.1, -0.05) is 12.8 Å². The number of likely N-dealkylation sites (tertiary alicyclic amines) is 1. The Morgan fingerprint density at radius 2 is 1.95 bits per heavy atom. The van der Waals surface area contributed by atoms with Crippen LogP contribution in [0, 0.1) is 0 Å². The Hall–Kier alpha value is -1.85. The van der Waals surface area contributed by atoms with Crippen molar-refractivity contribution in [1.29, 1.82) is 0 Å². The first-order valence-electron chi connectivity index (χ1n) is 6.60. The van der Waals surface area contributed by atoms with Crippen LogP contribution in [0.25, 0.3) is 0 Å². The van der Waals surface area contributed by atoms with Gasteiger partial charge in [-0.2, -0.15) is 5.10 Å². The summed E-state index contributed by atoms with van der Waals surface area (Å²) in [5.41, 5.74) is 0.367. The van der Waals surface area contributed by atoms with Crippen molar-refractivity contribution >= 4 is 11.9 Å². The maximum Gasteiger partial charge on any atom is 0.341 e. The normalized spacial score (nSPS) is 15.9. The molecule has 0 saturated carbocycles. The largest absolute Gasteiger partial charge is 0.452 e. The summed E-state index contributed by atoms with van der Waals surface area (Å²) in [5, 5.41) is 3.89. The highest BCUT2D eigenvalue weighted by Crippen LogP contribution is 2.10. The molecule has 1 fully saturated rings. The lowest BCUT2D eigenvalue weighted by atomic mass is 10.2. The fraction of sp³-hybridized carbons (Fsp3) is 0.615. The number of aryl methyl sites for hydroxylation is 1. The van der Waals surface area contributed by atoms with Crippen LogP contribution in [0.4, 0.5) is 0 Å². The summed E-state index contributed by atoms with van der Waals surface area (Å²) in [6.07, 6.45) is 7.39. The Labute approximate surface area is 112 Å². The summed E-state index contributed by atoms with van der Waals surface area (Å²) in [5.74, 6) is -0.615. The predicted molar refractivity (Wildman–Crippen MR) is 68.5 cm³/mol. The van der Waals surface area contributed by atoms with Crippen molar-refractivity contribution in [1.82, 2.24) is 14.7 Å². The van der Waals surface area contributed by atoms with Gasteiger partial charge in [-0.25, -0.2) is 4.79 Å². The van der Waals surface area contributed by atoms with Gasteiger partial charge < -0.3 is 9.64 Å². The van der Waals surface area contributed by atoms with E-state index in [2.05, 4.69) is 5.10 Å². The fourth-order valence-corrected chi connectivity index (χ4v) is 2.15. The molecule has 0 unspecified atom stereocenters. The molecule has 6 nitrogen and oxygen atoms in total. The molecule has 0 aliphatic carbocycles. The van der Waals surface area contributed by atoms with Crippen LogP contribution < -0.4 is 0 Å². The van der Waals surface area contributed by atoms with Gasteiger partial charge in [0.2, 0.25) is 0 Å². The molecule has 0 N–H and O–H groups in total. The number of carbonyl (C=O) groups is 2. The molecule has 1 saturated heterocycles. The minimum Gasteiger partial charge on any atom is -0.452 e. The number of hydrogen-bond acceptors (Lipinski definition) is 4. The zero-order valence-electron chi connectivity index (χ0n) is 11.2. The van der Waals surface area contributed by atoms with E-state index in [-0.39, 0.29) is 12.5 Å². The molecule has 19 heavy (non-hydrogen) atoms. The van der Waals surface area contributed by atoms with Crippen molar-refractivity contribution in [2.45, 2.75) is 25.7 Å². The second-order valence-electron chi connectivity index (χ2n) is 4.77. The zero-order valence-corrected chi connectivity index (χ0v) is 11.2. The van der Waals surface area contributed by atoms with Gasteiger partial charge in [-0.3, -0.25) is 9.48 Å². The summed E-state index contributed by atoms with van der Waals surface area (Å²) in [6.45, 7) is 1.35. The molecule has 1 aliphatic heterocycles. The molecule has 1 amide bonds. The molecule has 2 heterocycles. The first kappa shape index (κ1) is 13.6. The molecular formula is C13H19N3O3. The average Bonchev–Trinajstić information content (AvgIpc) is 2.68. The number of ether oxygens (including phenoxy) is 1. The van der Waals surface area contributed by atoms with Crippen molar-refractivity contribution < 1.29 is 14.3 Å². The zero-order chi connectivity index (χ0) is 13.7. The van der Waals surface area contributed by atoms with Crippen LogP contribution in [0.15, 0.2) is 12.4 Å². The van der Waals surface area contributed by atoms with Crippen LogP contribution in [0.5, 0.6) is 0 Å². The third-order valence-electron chi connectivity index (χ3n) is 3.23. The van der Waals surface area contributed by atoms with E-state index in [0.29, 0.717) is 5.56 Å². The molecule has 6 heteroatoms. The minimum atomic E-state index is -0.503. The maximum absolute atomic E-state index is 11.9. The van der Waals surface area contributed by atoms with Gasteiger partial charge in [0.1, 0.15) is 0 Å². The number of nitrogens with zero attached hydrogens (tertiary/aromatic N) is 3. The topological polar surface area (TPSA) is 64.4 Å². The molecule has 1 aromatic heterocycles. The smallest absolute Gasteiger partial charge is 0.341 e. The van der Waals surface area contributed by atoms with Crippen LogP contribution >= 0.6 is 0 Å². The lowest BCUT2D eigenvalue weighted by Gasteiger charge is -2.19. The summed E-state index contributed by atoms with van der Waals surface area (Å²) >= 11 is 0. The minimum absolute atomic E-state index is 0.112. The van der Waals surface area contributed by atoms with E-state index in [1.807, 2.05) is 0 Å². The van der Waals surface area contributed by atoms with E-state index in [0.717, 1.165) is 25.9 Å². The Morgan fingerprint density at radius 1 is 1.26 bits per heavy atom. The predicted octanol–water partition coefficient (Wildman–Crippen LogP) is 0.979. The molecule has 2 rings (SSSR count). The molecule has 1 aromatic rings. The molecule has 0 radical (unpaired) electrons. The highest BCUT2D eigenvalue weighted by Gasteiger charge is 2.18. The van der Waals surface area contributed by atoms with Crippen molar-refractivity contribution in [2.75, 3.05) is 19.7 Å². The number of carbonyl (C=O) groups excluding carboxylic acids is 2. The van der Waals surface area contributed by atoms with Crippen molar-refractivity contribution in [3.8, 4) is 0 Å². The number of aromatic nitrogens is 2. The lowest BCUT2D eigenvalue weighted by molar-refractivity contribution is -0.134. The number of rotatable bonds is 3. The first-order valence-corrected chi connectivity index (χ1v) is 6.60. The highest BCUT2D eigenvalue weighted by molar-refractivity contribution is 5.90. The molecule has 0 atom stereocenters. The van der Waals surface area contributed by atoms with Crippen LogP contribution in [-0.2, 0) is 16.6 Å². The molecule has 0 bridgehead atoms. The van der Waals surface area contributed by atoms with Crippen LogP contribution in [-0.4, -0.2) is 46.3 Å². The fourth-order valence-electron chi connectivity index (χ4n) is 2.15. The molecule has 0 spiro atoms. The maximum atomic E-state index is 11.9. The van der Waals surface area contributed by atoms with Gasteiger partial charge in [0, 0.05) is 26.3 Å². The van der Waals surface area contributed by atoms with Gasteiger partial charge in [0.05, 0.1) is 11.8 Å². The van der Waals surface area contributed by atoms with Crippen LogP contribution in [0.3, 0.4) is 0 Å². The van der Waals surface area contributed by atoms with Gasteiger partial charge in [-0.15, -0.1) is 0 Å². The second kappa shape index (κ2) is 6.36. The Morgan fingerprint density at radius 3 is 2.53 bits per heavy atom. The Kier molecular flexibility index (Phi) is 4.54. The molecular weight excluding hydrogens is 246 g/mol. The third-order valence-corrected chi connectivity index (χ3v) is 3.23. The van der Waals surface area contributed by atoms with E-state index in [4.69, 9.17) is 4.74 Å². The van der Waals surface area contributed by atoms with Crippen LogP contribution in [0.2, 0.25) is 0 Å². The number of esters is 1. The molecule has 1 aliphatic rings. The summed E-state index contributed by atoms with van der Waals surface area (Å²) in [4.78, 5) is 25.4. The first-order chi connectivity index (χ1) is 9.16. The quantitative estimate of drug-likeness (QED) is 0.764. The van der Waals surface area contributed by atoms with Gasteiger partial charge in [-0.05, 0) is 12.8 Å². The van der Waals surface area contributed by atoms with Gasteiger partial charge >= 0.3 is 5.97 Å². The summed E-state index contributed by atoms with van der Waals surface area (Å²) in [7, 11) is 1.72. The van der Waals surface area contributed by atoms with Gasteiger partial charge in [0.25, 0.3) is 5.91 Å². The summed E-state index contributed by atoms with van der Waals surface area (Å²) < 4.78 is 6.53. The second-order valence-corrected chi connectivity index (χ2v) is 4.77. The lowest BCUT2D eigenvalue weighted by Crippen LogP contribution is -2.35. The van der Waals surface area contributed by atoms with E-state index < -0.39 is 5.97 Å². The SMILES string of the molecule is Cn1cc(C(=O)OCC(=O)N2CCCCCC2)cn1. The molecule has 0 aromatic carbocycles. The van der Waals surface area contributed by atoms with Crippen LogP contribution in [0.1, 0.15) is 36.0 Å². The van der Waals surface area contributed by atoms with E-state index >= 15 is 0 Å². The van der Waals surface area contributed by atoms with Crippen molar-refractivity contribution in [3.05, 3.63) is 18.0 Å². The average molecular weight is 265 g/mol. The summed E-state index contributed by atoms with van der Waals surface area (Å²) in [6, 6.07) is 0. The monoisotopic (exact) mass is 265 g/mol. The Bertz CT molecular complexity index is 448.